The molecule has 0 aliphatic carbocycles. The lowest BCUT2D eigenvalue weighted by Crippen LogP contribution is -2.25. The number of ether oxygens (including phenoxy) is 1. The molecule has 3 aromatic carbocycles. The third kappa shape index (κ3) is 4.52. The number of hydrazone groups is 1. The van der Waals surface area contributed by atoms with E-state index in [1.54, 1.807) is 30.3 Å². The number of halogens is 5. The topological polar surface area (TPSA) is 85.0 Å². The molecule has 0 aromatic heterocycles. The fourth-order valence-electron chi connectivity index (χ4n) is 3.37. The Bertz CT molecular complexity index is 1430. The van der Waals surface area contributed by atoms with Crippen molar-refractivity contribution in [1.82, 2.24) is 0 Å². The van der Waals surface area contributed by atoms with E-state index in [4.69, 9.17) is 4.74 Å². The summed E-state index contributed by atoms with van der Waals surface area (Å²) in [5.74, 6) is -11.8. The predicted molar refractivity (Wildman–Crippen MR) is 119 cm³/mol. The van der Waals surface area contributed by atoms with Crippen LogP contribution in [0.2, 0.25) is 0 Å². The van der Waals surface area contributed by atoms with Crippen LogP contribution in [-0.4, -0.2) is 16.5 Å². The largest absolute Gasteiger partial charge is 0.489 e. The molecular weight excluding hydrogens is 489 g/mol. The maximum atomic E-state index is 14.2. The highest BCUT2D eigenvalue weighted by atomic mass is 19.2. The summed E-state index contributed by atoms with van der Waals surface area (Å²) in [6.45, 7) is 1.40. The second kappa shape index (κ2) is 9.56. The lowest BCUT2D eigenvalue weighted by atomic mass is 10.1. The van der Waals surface area contributed by atoms with E-state index in [9.17, 15) is 36.9 Å². The summed E-state index contributed by atoms with van der Waals surface area (Å²) in [4.78, 5) is 23.1. The van der Waals surface area contributed by atoms with Crippen LogP contribution < -0.4 is 9.75 Å². The number of nitro benzene ring substituents is 1. The molecule has 0 unspecified atom stereocenters. The monoisotopic (exact) mass is 503 g/mol. The minimum absolute atomic E-state index is 0.00469. The third-order valence-corrected chi connectivity index (χ3v) is 5.18. The summed E-state index contributed by atoms with van der Waals surface area (Å²) in [5.41, 5.74) is -0.638. The Hall–Kier alpha value is -4.61. The van der Waals surface area contributed by atoms with Crippen molar-refractivity contribution >= 4 is 29.1 Å². The summed E-state index contributed by atoms with van der Waals surface area (Å²) in [5, 5.41) is 14.7. The van der Waals surface area contributed by atoms with Crippen molar-refractivity contribution in [2.45, 2.75) is 13.5 Å². The number of hydrogen-bond donors (Lipinski definition) is 0. The van der Waals surface area contributed by atoms with E-state index in [-0.39, 0.29) is 28.6 Å². The van der Waals surface area contributed by atoms with Crippen molar-refractivity contribution in [2.75, 3.05) is 5.01 Å². The van der Waals surface area contributed by atoms with Gasteiger partial charge in [0.05, 0.1) is 16.2 Å². The molecule has 3 aromatic rings. The Balaban J connectivity index is 1.52. The number of carbonyl (C=O) groups excluding carboxylic acids is 1. The first-order valence-corrected chi connectivity index (χ1v) is 10.2. The summed E-state index contributed by atoms with van der Waals surface area (Å²) in [7, 11) is 0. The molecule has 0 spiro atoms. The quantitative estimate of drug-likeness (QED) is 0.108. The van der Waals surface area contributed by atoms with Crippen LogP contribution in [0.25, 0.3) is 6.08 Å². The van der Waals surface area contributed by atoms with Gasteiger partial charge in [-0.15, -0.1) is 0 Å². The fourth-order valence-corrected chi connectivity index (χ4v) is 3.37. The van der Waals surface area contributed by atoms with Gasteiger partial charge in [-0.1, -0.05) is 24.3 Å². The summed E-state index contributed by atoms with van der Waals surface area (Å²) < 4.78 is 74.4. The van der Waals surface area contributed by atoms with E-state index in [0.29, 0.717) is 16.9 Å². The van der Waals surface area contributed by atoms with Crippen molar-refractivity contribution in [2.24, 2.45) is 5.10 Å². The van der Waals surface area contributed by atoms with E-state index in [1.807, 2.05) is 0 Å². The zero-order chi connectivity index (χ0) is 26.1. The standard InChI is InChI=1S/C24H14F5N3O4/c1-12-17(24(33)31(30-12)23-21(28)19(26)18(25)20(27)22(23)29)10-13-5-7-16(8-6-13)36-11-14-3-2-4-15(9-14)32(34)35/h2-10H,11H2,1H3/b17-10+. The average Bonchev–Trinajstić information content (AvgIpc) is 3.14. The SMILES string of the molecule is CC1=NN(c2c(F)c(F)c(F)c(F)c2F)C(=O)/C1=C/c1ccc(OCc2cccc([N+](=O)[O-])c2)cc1. The number of anilines is 1. The van der Waals surface area contributed by atoms with Crippen LogP contribution in [-0.2, 0) is 11.4 Å². The summed E-state index contributed by atoms with van der Waals surface area (Å²) in [6, 6.07) is 12.1. The number of rotatable bonds is 6. The maximum absolute atomic E-state index is 14.2. The molecule has 1 heterocycles. The number of nitro groups is 1. The van der Waals surface area contributed by atoms with Gasteiger partial charge in [0.1, 0.15) is 18.0 Å². The van der Waals surface area contributed by atoms with Crippen LogP contribution in [0.15, 0.2) is 59.2 Å². The molecular formula is C24H14F5N3O4. The molecule has 0 bridgehead atoms. The molecule has 0 fully saturated rings. The van der Waals surface area contributed by atoms with Gasteiger partial charge >= 0.3 is 0 Å². The molecule has 0 saturated heterocycles. The lowest BCUT2D eigenvalue weighted by Gasteiger charge is -2.15. The Morgan fingerprint density at radius 3 is 2.19 bits per heavy atom. The number of non-ortho nitro benzene ring substituents is 1. The molecule has 1 aliphatic rings. The van der Waals surface area contributed by atoms with E-state index < -0.39 is 45.6 Å². The fraction of sp³-hybridized carbons (Fsp3) is 0.0833. The molecule has 1 aliphatic heterocycles. The van der Waals surface area contributed by atoms with Gasteiger partial charge in [-0.2, -0.15) is 10.1 Å². The van der Waals surface area contributed by atoms with Crippen LogP contribution in [0.3, 0.4) is 0 Å². The molecule has 12 heteroatoms. The minimum Gasteiger partial charge on any atom is -0.489 e. The van der Waals surface area contributed by atoms with E-state index in [1.165, 1.54) is 31.2 Å². The second-order valence-corrected chi connectivity index (χ2v) is 7.56. The second-order valence-electron chi connectivity index (χ2n) is 7.56. The van der Waals surface area contributed by atoms with Crippen LogP contribution in [0.4, 0.5) is 33.3 Å². The first-order chi connectivity index (χ1) is 17.1. The minimum atomic E-state index is -2.34. The molecule has 0 saturated carbocycles. The van der Waals surface area contributed by atoms with E-state index in [2.05, 4.69) is 5.10 Å². The molecule has 1 amide bonds. The Morgan fingerprint density at radius 2 is 1.58 bits per heavy atom. The van der Waals surface area contributed by atoms with E-state index >= 15 is 0 Å². The first-order valence-electron chi connectivity index (χ1n) is 10.2. The molecule has 0 atom stereocenters. The molecule has 7 nitrogen and oxygen atoms in total. The van der Waals surface area contributed by atoms with Gasteiger partial charge in [-0.3, -0.25) is 14.9 Å². The summed E-state index contributed by atoms with van der Waals surface area (Å²) in [6.07, 6.45) is 1.33. The molecule has 0 N–H and O–H groups in total. The zero-order valence-electron chi connectivity index (χ0n) is 18.3. The highest BCUT2D eigenvalue weighted by Crippen LogP contribution is 2.34. The number of hydrogen-bond acceptors (Lipinski definition) is 5. The van der Waals surface area contributed by atoms with Gasteiger partial charge in [0.15, 0.2) is 23.3 Å². The lowest BCUT2D eigenvalue weighted by molar-refractivity contribution is -0.384. The van der Waals surface area contributed by atoms with Crippen molar-refractivity contribution in [3.8, 4) is 5.75 Å². The van der Waals surface area contributed by atoms with Crippen molar-refractivity contribution in [3.05, 3.63) is 104 Å². The van der Waals surface area contributed by atoms with Gasteiger partial charge in [-0.05, 0) is 36.3 Å². The number of nitrogens with zero attached hydrogens (tertiary/aromatic N) is 3. The van der Waals surface area contributed by atoms with Crippen LogP contribution >= 0.6 is 0 Å². The third-order valence-electron chi connectivity index (χ3n) is 5.18. The first kappa shape index (κ1) is 24.5. The molecule has 4 rings (SSSR count). The number of benzene rings is 3. The zero-order valence-corrected chi connectivity index (χ0v) is 18.3. The van der Waals surface area contributed by atoms with Crippen molar-refractivity contribution in [1.29, 1.82) is 0 Å². The van der Waals surface area contributed by atoms with Gasteiger partial charge in [0, 0.05) is 12.1 Å². The number of amides is 1. The van der Waals surface area contributed by atoms with E-state index in [0.717, 1.165) is 0 Å². The van der Waals surface area contributed by atoms with Crippen LogP contribution in [0.5, 0.6) is 5.75 Å². The predicted octanol–water partition coefficient (Wildman–Crippen LogP) is 5.68. The smallest absolute Gasteiger partial charge is 0.280 e. The van der Waals surface area contributed by atoms with Gasteiger partial charge < -0.3 is 4.74 Å². The Kier molecular flexibility index (Phi) is 6.51. The van der Waals surface area contributed by atoms with Gasteiger partial charge in [0.25, 0.3) is 11.6 Å². The Morgan fingerprint density at radius 1 is 0.972 bits per heavy atom. The molecule has 36 heavy (non-hydrogen) atoms. The van der Waals surface area contributed by atoms with Gasteiger partial charge in [-0.25, -0.2) is 22.0 Å². The van der Waals surface area contributed by atoms with Gasteiger partial charge in [0.2, 0.25) is 5.82 Å². The molecule has 184 valence electrons. The number of carbonyl (C=O) groups is 1. The summed E-state index contributed by atoms with van der Waals surface area (Å²) >= 11 is 0. The molecule has 0 radical (unpaired) electrons. The Labute approximate surface area is 199 Å². The van der Waals surface area contributed by atoms with Crippen LogP contribution in [0, 0.1) is 39.2 Å². The highest BCUT2D eigenvalue weighted by molar-refractivity contribution is 6.32. The normalized spacial score (nSPS) is 14.4. The average molecular weight is 503 g/mol. The highest BCUT2D eigenvalue weighted by Gasteiger charge is 2.37. The van der Waals surface area contributed by atoms with Crippen molar-refractivity contribution < 1.29 is 36.4 Å². The van der Waals surface area contributed by atoms with Crippen LogP contribution in [0.1, 0.15) is 18.1 Å². The van der Waals surface area contributed by atoms with Crippen molar-refractivity contribution in [3.63, 3.8) is 0 Å². The maximum Gasteiger partial charge on any atom is 0.280 e.